The molecule has 0 N–H and O–H groups in total. The van der Waals surface area contributed by atoms with Gasteiger partial charge >= 0.3 is 0 Å². The summed E-state index contributed by atoms with van der Waals surface area (Å²) >= 11 is 0. The Kier molecular flexibility index (Phi) is 4.21. The van der Waals surface area contributed by atoms with E-state index in [1.54, 1.807) is 7.11 Å². The van der Waals surface area contributed by atoms with Crippen LogP contribution in [0.1, 0.15) is 20.8 Å². The molecule has 4 heteroatoms. The summed E-state index contributed by atoms with van der Waals surface area (Å²) in [7, 11) is 1.67. The van der Waals surface area contributed by atoms with E-state index >= 15 is 0 Å². The minimum atomic E-state index is -0.289. The van der Waals surface area contributed by atoms with Crippen LogP contribution in [-0.4, -0.2) is 44.1 Å². The van der Waals surface area contributed by atoms with Crippen LogP contribution in [0.3, 0.4) is 0 Å². The second-order valence-electron chi connectivity index (χ2n) is 6.23. The van der Waals surface area contributed by atoms with Crippen LogP contribution in [0.2, 0.25) is 0 Å². The third-order valence-corrected chi connectivity index (χ3v) is 3.65. The van der Waals surface area contributed by atoms with Crippen molar-refractivity contribution in [3.63, 3.8) is 0 Å². The zero-order chi connectivity index (χ0) is 14.8. The van der Waals surface area contributed by atoms with Crippen molar-refractivity contribution in [1.82, 2.24) is 4.90 Å². The number of amides is 1. The standard InChI is InChI=1S/C16H24N2O2/c1-16(2,3)15(19)18-11-9-17(10-12-18)13-5-7-14(20-4)8-6-13/h5-8H,9-12H2,1-4H3. The number of anilines is 1. The van der Waals surface area contributed by atoms with E-state index in [1.165, 1.54) is 5.69 Å². The van der Waals surface area contributed by atoms with Gasteiger partial charge in [0.25, 0.3) is 0 Å². The first-order valence-corrected chi connectivity index (χ1v) is 7.10. The number of benzene rings is 1. The average Bonchev–Trinajstić information content (AvgIpc) is 2.46. The molecule has 0 aliphatic carbocycles. The summed E-state index contributed by atoms with van der Waals surface area (Å²) in [6, 6.07) is 8.09. The van der Waals surface area contributed by atoms with E-state index in [0.29, 0.717) is 0 Å². The van der Waals surface area contributed by atoms with Crippen LogP contribution in [0.25, 0.3) is 0 Å². The second-order valence-corrected chi connectivity index (χ2v) is 6.23. The maximum Gasteiger partial charge on any atom is 0.228 e. The monoisotopic (exact) mass is 276 g/mol. The molecule has 0 spiro atoms. The fourth-order valence-corrected chi connectivity index (χ4v) is 2.44. The van der Waals surface area contributed by atoms with Crippen molar-refractivity contribution in [2.75, 3.05) is 38.2 Å². The van der Waals surface area contributed by atoms with Gasteiger partial charge in [-0.25, -0.2) is 0 Å². The Morgan fingerprint density at radius 2 is 1.60 bits per heavy atom. The van der Waals surface area contributed by atoms with Crippen LogP contribution >= 0.6 is 0 Å². The molecule has 1 aromatic carbocycles. The molecule has 1 aliphatic heterocycles. The molecule has 1 fully saturated rings. The Bertz CT molecular complexity index is 454. The third kappa shape index (κ3) is 3.24. The van der Waals surface area contributed by atoms with E-state index in [4.69, 9.17) is 4.74 Å². The van der Waals surface area contributed by atoms with E-state index < -0.39 is 0 Å². The van der Waals surface area contributed by atoms with Gasteiger partial charge in [-0.05, 0) is 24.3 Å². The van der Waals surface area contributed by atoms with Crippen molar-refractivity contribution >= 4 is 11.6 Å². The van der Waals surface area contributed by atoms with Crippen molar-refractivity contribution in [3.8, 4) is 5.75 Å². The Labute approximate surface area is 121 Å². The van der Waals surface area contributed by atoms with Crippen molar-refractivity contribution in [2.45, 2.75) is 20.8 Å². The number of piperazine rings is 1. The Balaban J connectivity index is 1.95. The summed E-state index contributed by atoms with van der Waals surface area (Å²) in [5, 5.41) is 0. The van der Waals surface area contributed by atoms with Crippen LogP contribution in [0.4, 0.5) is 5.69 Å². The second kappa shape index (κ2) is 5.73. The fourth-order valence-electron chi connectivity index (χ4n) is 2.44. The van der Waals surface area contributed by atoms with Crippen LogP contribution in [0, 0.1) is 5.41 Å². The van der Waals surface area contributed by atoms with Crippen LogP contribution in [0.5, 0.6) is 5.75 Å². The molecule has 1 saturated heterocycles. The first kappa shape index (κ1) is 14.7. The number of hydrogen-bond acceptors (Lipinski definition) is 3. The van der Waals surface area contributed by atoms with Gasteiger partial charge < -0.3 is 14.5 Å². The molecule has 0 atom stereocenters. The van der Waals surface area contributed by atoms with Gasteiger partial charge in [-0.3, -0.25) is 4.79 Å². The van der Waals surface area contributed by atoms with Gasteiger partial charge in [0.2, 0.25) is 5.91 Å². The zero-order valence-electron chi connectivity index (χ0n) is 12.8. The molecule has 4 nitrogen and oxygen atoms in total. The topological polar surface area (TPSA) is 32.8 Å². The number of hydrogen-bond donors (Lipinski definition) is 0. The summed E-state index contributed by atoms with van der Waals surface area (Å²) in [4.78, 5) is 16.5. The first-order valence-electron chi connectivity index (χ1n) is 7.10. The molecule has 0 radical (unpaired) electrons. The maximum absolute atomic E-state index is 12.2. The molecule has 2 rings (SSSR count). The summed E-state index contributed by atoms with van der Waals surface area (Å²) in [5.41, 5.74) is 0.899. The lowest BCUT2D eigenvalue weighted by Gasteiger charge is -2.38. The molecule has 0 unspecified atom stereocenters. The molecular formula is C16H24N2O2. The molecular weight excluding hydrogens is 252 g/mol. The molecule has 20 heavy (non-hydrogen) atoms. The fraction of sp³-hybridized carbons (Fsp3) is 0.562. The Hall–Kier alpha value is -1.71. The molecule has 0 bridgehead atoms. The van der Waals surface area contributed by atoms with Crippen molar-refractivity contribution in [2.24, 2.45) is 5.41 Å². The van der Waals surface area contributed by atoms with Crippen LogP contribution in [0.15, 0.2) is 24.3 Å². The van der Waals surface area contributed by atoms with Crippen molar-refractivity contribution in [3.05, 3.63) is 24.3 Å². The predicted molar refractivity (Wildman–Crippen MR) is 81.2 cm³/mol. The van der Waals surface area contributed by atoms with E-state index in [1.807, 2.05) is 37.8 Å². The van der Waals surface area contributed by atoms with Gasteiger partial charge in [0.05, 0.1) is 7.11 Å². The van der Waals surface area contributed by atoms with Gasteiger partial charge in [-0.1, -0.05) is 20.8 Å². The molecule has 1 aliphatic rings. The van der Waals surface area contributed by atoms with Crippen LogP contribution < -0.4 is 9.64 Å². The number of ether oxygens (including phenoxy) is 1. The highest BCUT2D eigenvalue weighted by Gasteiger charge is 2.29. The number of carbonyl (C=O) groups is 1. The predicted octanol–water partition coefficient (Wildman–Crippen LogP) is 2.39. The quantitative estimate of drug-likeness (QED) is 0.831. The lowest BCUT2D eigenvalue weighted by Crippen LogP contribution is -2.51. The summed E-state index contributed by atoms with van der Waals surface area (Å²) in [6.07, 6.45) is 0. The number of methoxy groups -OCH3 is 1. The molecule has 1 aromatic rings. The smallest absolute Gasteiger partial charge is 0.228 e. The lowest BCUT2D eigenvalue weighted by molar-refractivity contribution is -0.139. The summed E-state index contributed by atoms with van der Waals surface area (Å²) in [6.45, 7) is 9.29. The summed E-state index contributed by atoms with van der Waals surface area (Å²) < 4.78 is 5.17. The van der Waals surface area contributed by atoms with E-state index in [-0.39, 0.29) is 11.3 Å². The number of carbonyl (C=O) groups excluding carboxylic acids is 1. The van der Waals surface area contributed by atoms with Gasteiger partial charge in [0.1, 0.15) is 5.75 Å². The zero-order valence-corrected chi connectivity index (χ0v) is 12.8. The molecule has 0 aromatic heterocycles. The normalized spacial score (nSPS) is 16.2. The van der Waals surface area contributed by atoms with Gasteiger partial charge in [0.15, 0.2) is 0 Å². The van der Waals surface area contributed by atoms with Crippen LogP contribution in [-0.2, 0) is 4.79 Å². The highest BCUT2D eigenvalue weighted by atomic mass is 16.5. The minimum Gasteiger partial charge on any atom is -0.497 e. The summed E-state index contributed by atoms with van der Waals surface area (Å²) in [5.74, 6) is 1.11. The third-order valence-electron chi connectivity index (χ3n) is 3.65. The van der Waals surface area contributed by atoms with Crippen molar-refractivity contribution in [1.29, 1.82) is 0 Å². The van der Waals surface area contributed by atoms with Gasteiger partial charge in [-0.2, -0.15) is 0 Å². The largest absolute Gasteiger partial charge is 0.497 e. The van der Waals surface area contributed by atoms with E-state index in [2.05, 4.69) is 17.0 Å². The van der Waals surface area contributed by atoms with Crippen molar-refractivity contribution < 1.29 is 9.53 Å². The maximum atomic E-state index is 12.2. The molecule has 1 amide bonds. The molecule has 1 heterocycles. The first-order chi connectivity index (χ1) is 9.41. The lowest BCUT2D eigenvalue weighted by atomic mass is 9.94. The van der Waals surface area contributed by atoms with E-state index in [0.717, 1.165) is 31.9 Å². The molecule has 110 valence electrons. The number of rotatable bonds is 2. The Morgan fingerprint density at radius 1 is 1.05 bits per heavy atom. The minimum absolute atomic E-state index is 0.242. The molecule has 0 saturated carbocycles. The Morgan fingerprint density at radius 3 is 2.05 bits per heavy atom. The average molecular weight is 276 g/mol. The SMILES string of the molecule is COc1ccc(N2CCN(C(=O)C(C)(C)C)CC2)cc1. The van der Waals surface area contributed by atoms with E-state index in [9.17, 15) is 4.79 Å². The number of nitrogens with zero attached hydrogens (tertiary/aromatic N) is 2. The van der Waals surface area contributed by atoms with Gasteiger partial charge in [0, 0.05) is 37.3 Å². The highest BCUT2D eigenvalue weighted by Crippen LogP contribution is 2.23. The highest BCUT2D eigenvalue weighted by molar-refractivity contribution is 5.81. The van der Waals surface area contributed by atoms with Gasteiger partial charge in [-0.15, -0.1) is 0 Å².